The molecule has 0 spiro atoms. The number of rotatable bonds is 9. The van der Waals surface area contributed by atoms with Crippen molar-refractivity contribution in [1.82, 2.24) is 39.5 Å². The second-order valence-electron chi connectivity index (χ2n) is 15.7. The molecule has 2 aliphatic heterocycles. The summed E-state index contributed by atoms with van der Waals surface area (Å²) in [4.78, 5) is 50.2. The summed E-state index contributed by atoms with van der Waals surface area (Å²) in [5.41, 5.74) is 19.7. The first-order valence-electron chi connectivity index (χ1n) is 20.8. The van der Waals surface area contributed by atoms with E-state index in [1.807, 2.05) is 78.9 Å². The molecule has 0 unspecified atom stereocenters. The highest BCUT2D eigenvalue weighted by Gasteiger charge is 2.24. The molecule has 4 aromatic carbocycles. The molecule has 2 aliphatic rings. The zero-order valence-corrected chi connectivity index (χ0v) is 33.8. The summed E-state index contributed by atoms with van der Waals surface area (Å²) in [6.07, 6.45) is 10.5. The van der Waals surface area contributed by atoms with Crippen molar-refractivity contribution in [3.8, 4) is 23.0 Å². The van der Waals surface area contributed by atoms with Gasteiger partial charge in [-0.3, -0.25) is 9.59 Å². The Bertz CT molecular complexity index is 2960. The Labute approximate surface area is 356 Å². The Morgan fingerprint density at radius 3 is 1.92 bits per heavy atom. The summed E-state index contributed by atoms with van der Waals surface area (Å²) in [5.74, 6) is -0.181. The molecule has 6 N–H and O–H groups in total. The maximum atomic E-state index is 13.9. The first-order chi connectivity index (χ1) is 30.4. The Morgan fingerprint density at radius 1 is 0.613 bits per heavy atom. The summed E-state index contributed by atoms with van der Waals surface area (Å²) in [7, 11) is 0. The minimum atomic E-state index is -0.379. The molecule has 16 heteroatoms. The van der Waals surface area contributed by atoms with Crippen LogP contribution < -0.4 is 31.9 Å². The van der Waals surface area contributed by atoms with Gasteiger partial charge in [0.15, 0.2) is 0 Å². The third-order valence-electron chi connectivity index (χ3n) is 11.5. The molecule has 310 valence electrons. The molecular formula is C46H44N14O2. The van der Waals surface area contributed by atoms with Crippen molar-refractivity contribution in [1.29, 1.82) is 0 Å². The molecule has 2 saturated heterocycles. The zero-order chi connectivity index (χ0) is 42.2. The van der Waals surface area contributed by atoms with Gasteiger partial charge < -0.3 is 31.9 Å². The fourth-order valence-corrected chi connectivity index (χ4v) is 8.50. The largest absolute Gasteiger partial charge is 0.368 e. The molecule has 2 amide bonds. The van der Waals surface area contributed by atoms with Gasteiger partial charge in [-0.15, -0.1) is 0 Å². The number of aromatic nitrogens is 8. The van der Waals surface area contributed by atoms with E-state index in [1.54, 1.807) is 46.3 Å². The number of para-hydroxylation sites is 3. The summed E-state index contributed by atoms with van der Waals surface area (Å²) < 4.78 is 3.26. The van der Waals surface area contributed by atoms with Gasteiger partial charge >= 0.3 is 0 Å². The lowest BCUT2D eigenvalue weighted by Gasteiger charge is -2.34. The molecule has 10 rings (SSSR count). The topological polar surface area (TPSA) is 204 Å². The smallest absolute Gasteiger partial charge is 0.274 e. The van der Waals surface area contributed by atoms with Crippen LogP contribution in [-0.4, -0.2) is 89.6 Å². The number of benzene rings is 4. The molecule has 16 nitrogen and oxygen atoms in total. The molecule has 0 saturated carbocycles. The Hall–Kier alpha value is -7.56. The van der Waals surface area contributed by atoms with Crippen LogP contribution in [-0.2, 0) is 0 Å². The predicted octanol–water partition coefficient (Wildman–Crippen LogP) is 5.97. The van der Waals surface area contributed by atoms with E-state index in [-0.39, 0.29) is 41.2 Å². The van der Waals surface area contributed by atoms with Crippen LogP contribution in [0.15, 0.2) is 122 Å². The molecule has 4 aromatic heterocycles. The second-order valence-corrected chi connectivity index (χ2v) is 15.7. The fraction of sp³-hybridized carbons (Fsp3) is 0.217. The molecule has 0 aliphatic carbocycles. The molecule has 2 fully saturated rings. The van der Waals surface area contributed by atoms with Crippen molar-refractivity contribution in [2.75, 3.05) is 46.6 Å². The van der Waals surface area contributed by atoms with E-state index < -0.39 is 0 Å². The van der Waals surface area contributed by atoms with Gasteiger partial charge in [-0.1, -0.05) is 48.5 Å². The summed E-state index contributed by atoms with van der Waals surface area (Å²) >= 11 is 0. The van der Waals surface area contributed by atoms with Gasteiger partial charge in [0.1, 0.15) is 11.4 Å². The van der Waals surface area contributed by atoms with Crippen molar-refractivity contribution in [2.45, 2.75) is 37.8 Å². The van der Waals surface area contributed by atoms with E-state index in [0.717, 1.165) is 89.6 Å². The number of hydrogen-bond acceptors (Lipinski definition) is 12. The summed E-state index contributed by atoms with van der Waals surface area (Å²) in [5, 5.41) is 17.2. The monoisotopic (exact) mass is 824 g/mol. The van der Waals surface area contributed by atoms with E-state index in [9.17, 15) is 9.59 Å². The number of fused-ring (bicyclic) bond motifs is 2. The van der Waals surface area contributed by atoms with Gasteiger partial charge in [-0.25, -0.2) is 19.9 Å². The number of amides is 2. The zero-order valence-electron chi connectivity index (χ0n) is 33.8. The van der Waals surface area contributed by atoms with Crippen molar-refractivity contribution in [2.24, 2.45) is 11.5 Å². The van der Waals surface area contributed by atoms with Crippen molar-refractivity contribution in [3.05, 3.63) is 133 Å². The lowest BCUT2D eigenvalue weighted by Crippen LogP contribution is -2.43. The Morgan fingerprint density at radius 2 is 1.21 bits per heavy atom. The highest BCUT2D eigenvalue weighted by molar-refractivity contribution is 6.06. The second kappa shape index (κ2) is 16.5. The van der Waals surface area contributed by atoms with Gasteiger partial charge in [-0.2, -0.15) is 19.6 Å². The first-order valence-corrected chi connectivity index (χ1v) is 20.8. The predicted molar refractivity (Wildman–Crippen MR) is 240 cm³/mol. The molecule has 0 radical (unpaired) electrons. The number of piperidine rings is 2. The van der Waals surface area contributed by atoms with Crippen LogP contribution in [0.3, 0.4) is 0 Å². The third kappa shape index (κ3) is 7.56. The molecular weight excluding hydrogens is 781 g/mol. The molecule has 8 aromatic rings. The van der Waals surface area contributed by atoms with E-state index >= 15 is 0 Å². The lowest BCUT2D eigenvalue weighted by atomic mass is 9.99. The molecule has 2 atom stereocenters. The van der Waals surface area contributed by atoms with Crippen LogP contribution in [0, 0.1) is 0 Å². The maximum absolute atomic E-state index is 13.9. The van der Waals surface area contributed by atoms with E-state index in [2.05, 4.69) is 51.5 Å². The minimum absolute atomic E-state index is 0.00730. The highest BCUT2D eigenvalue weighted by atomic mass is 16.2. The van der Waals surface area contributed by atoms with Crippen LogP contribution in [0.25, 0.3) is 44.8 Å². The van der Waals surface area contributed by atoms with Gasteiger partial charge in [0.05, 0.1) is 46.2 Å². The SMILES string of the molecule is N[C@@H]1CCCN(c2ccccc2NC(=O)c2ccnc(-n3ncc4c(-c5ccc(NC(=O)c6ccnc(-n7ncc8ccccc87)n6)c(N6CCC[C@H](N)C6)c5)cccc43)n2)C1. The average molecular weight is 825 g/mol. The third-order valence-corrected chi connectivity index (χ3v) is 11.5. The highest BCUT2D eigenvalue weighted by Crippen LogP contribution is 2.37. The first kappa shape index (κ1) is 38.6. The van der Waals surface area contributed by atoms with Crippen LogP contribution in [0.2, 0.25) is 0 Å². The normalized spacial score (nSPS) is 16.7. The maximum Gasteiger partial charge on any atom is 0.274 e. The van der Waals surface area contributed by atoms with Gasteiger partial charge in [-0.05, 0) is 85.3 Å². The molecule has 0 bridgehead atoms. The average Bonchev–Trinajstić information content (AvgIpc) is 3.95. The van der Waals surface area contributed by atoms with Crippen LogP contribution >= 0.6 is 0 Å². The number of anilines is 4. The standard InChI is InChI=1S/C46H44N14O2/c47-31-9-6-22-57(27-31)41-14-4-2-12-35(41)53-43(61)37-19-21-50-46(56-37)60-40-15-5-11-33(34(40)26-52-60)29-16-17-36(42(24-29)58-23-7-10-32(48)28-58)54-44(62)38-18-20-49-45(55-38)59-39-13-3-1-8-30(39)25-51-59/h1-5,8,11-21,24-26,31-32H,6-7,9-10,22-23,27-28,47-48H2,(H,53,61)(H,54,62)/t31-,32+/m1/s1. The van der Waals surface area contributed by atoms with E-state index in [4.69, 9.17) is 16.6 Å². The van der Waals surface area contributed by atoms with E-state index in [0.29, 0.717) is 23.9 Å². The fourth-order valence-electron chi connectivity index (χ4n) is 8.50. The number of nitrogens with zero attached hydrogens (tertiary/aromatic N) is 10. The Kier molecular flexibility index (Phi) is 10.3. The van der Waals surface area contributed by atoms with Crippen molar-refractivity contribution < 1.29 is 9.59 Å². The summed E-state index contributed by atoms with van der Waals surface area (Å²) in [6.45, 7) is 3.02. The van der Waals surface area contributed by atoms with Crippen LogP contribution in [0.5, 0.6) is 0 Å². The van der Waals surface area contributed by atoms with Gasteiger partial charge in [0.2, 0.25) is 0 Å². The number of nitrogens with two attached hydrogens (primary N) is 2. The number of nitrogens with one attached hydrogen (secondary N) is 2. The van der Waals surface area contributed by atoms with Crippen LogP contribution in [0.1, 0.15) is 46.7 Å². The number of hydrogen-bond donors (Lipinski definition) is 4. The number of carbonyl (C=O) groups is 2. The minimum Gasteiger partial charge on any atom is -0.368 e. The lowest BCUT2D eigenvalue weighted by molar-refractivity contribution is 0.101. The Balaban J connectivity index is 0.936. The van der Waals surface area contributed by atoms with E-state index in [1.165, 1.54) is 0 Å². The quantitative estimate of drug-likeness (QED) is 0.133. The van der Waals surface area contributed by atoms with Crippen LogP contribution in [0.4, 0.5) is 22.7 Å². The summed E-state index contributed by atoms with van der Waals surface area (Å²) in [6, 6.07) is 30.7. The van der Waals surface area contributed by atoms with Gasteiger partial charge in [0.25, 0.3) is 23.7 Å². The number of carbonyl (C=O) groups excluding carboxylic acids is 2. The molecule has 6 heterocycles. The van der Waals surface area contributed by atoms with Crippen molar-refractivity contribution >= 4 is 56.4 Å². The van der Waals surface area contributed by atoms with Crippen molar-refractivity contribution in [3.63, 3.8) is 0 Å². The molecule has 62 heavy (non-hydrogen) atoms. The van der Waals surface area contributed by atoms with Gasteiger partial charge in [0, 0.05) is 61.4 Å².